The fraction of sp³-hybridized carbons (Fsp3) is 0.182. The van der Waals surface area contributed by atoms with Crippen molar-refractivity contribution >= 4 is 26.9 Å². The van der Waals surface area contributed by atoms with Crippen LogP contribution in [-0.2, 0) is 0 Å². The number of methoxy groups -OCH3 is 1. The van der Waals surface area contributed by atoms with E-state index in [2.05, 4.69) is 15.9 Å². The minimum atomic E-state index is -0.463. The molecule has 0 aliphatic rings. The van der Waals surface area contributed by atoms with Gasteiger partial charge in [0.15, 0.2) is 11.5 Å². The van der Waals surface area contributed by atoms with E-state index in [-0.39, 0.29) is 5.75 Å². The van der Waals surface area contributed by atoms with Crippen molar-refractivity contribution in [2.24, 2.45) is 0 Å². The number of ether oxygens (including phenoxy) is 1. The van der Waals surface area contributed by atoms with Gasteiger partial charge in [0, 0.05) is 11.5 Å². The SMILES string of the molecule is COc1cc2c(C)c(Br)c(=O)oc2cc1O. The number of phenolic OH excluding ortho intramolecular Hbond substituents is 1. The lowest BCUT2D eigenvalue weighted by molar-refractivity contribution is 0.373. The lowest BCUT2D eigenvalue weighted by Gasteiger charge is -2.07. The van der Waals surface area contributed by atoms with Gasteiger partial charge in [-0.3, -0.25) is 0 Å². The molecule has 0 spiro atoms. The summed E-state index contributed by atoms with van der Waals surface area (Å²) in [4.78, 5) is 11.4. The fourth-order valence-corrected chi connectivity index (χ4v) is 1.80. The highest BCUT2D eigenvalue weighted by Crippen LogP contribution is 2.33. The molecule has 1 aromatic heterocycles. The highest BCUT2D eigenvalue weighted by atomic mass is 79.9. The van der Waals surface area contributed by atoms with Gasteiger partial charge in [-0.15, -0.1) is 0 Å². The van der Waals surface area contributed by atoms with Crippen LogP contribution in [0.15, 0.2) is 25.8 Å². The van der Waals surface area contributed by atoms with Gasteiger partial charge >= 0.3 is 5.63 Å². The van der Waals surface area contributed by atoms with Gasteiger partial charge in [0.05, 0.1) is 7.11 Å². The average Bonchev–Trinajstić information content (AvgIpc) is 2.26. The molecule has 5 heteroatoms. The molecule has 0 aliphatic heterocycles. The fourth-order valence-electron chi connectivity index (χ4n) is 1.51. The van der Waals surface area contributed by atoms with E-state index in [4.69, 9.17) is 9.15 Å². The van der Waals surface area contributed by atoms with Crippen LogP contribution in [0.1, 0.15) is 5.56 Å². The molecule has 1 N–H and O–H groups in total. The maximum atomic E-state index is 11.4. The molecule has 1 heterocycles. The maximum Gasteiger partial charge on any atom is 0.350 e. The van der Waals surface area contributed by atoms with Gasteiger partial charge in [0.1, 0.15) is 10.1 Å². The number of halogens is 1. The third kappa shape index (κ3) is 1.57. The minimum absolute atomic E-state index is 0.0557. The molecule has 0 fully saturated rings. The lowest BCUT2D eigenvalue weighted by Crippen LogP contribution is -2.02. The molecule has 0 aliphatic carbocycles. The third-order valence-electron chi connectivity index (χ3n) is 2.40. The molecule has 0 atom stereocenters. The Morgan fingerprint density at radius 1 is 1.44 bits per heavy atom. The normalized spacial score (nSPS) is 10.7. The Bertz CT molecular complexity index is 615. The zero-order chi connectivity index (χ0) is 11.9. The summed E-state index contributed by atoms with van der Waals surface area (Å²) < 4.78 is 10.4. The van der Waals surface area contributed by atoms with Crippen molar-refractivity contribution in [3.63, 3.8) is 0 Å². The molecule has 0 unspecified atom stereocenters. The van der Waals surface area contributed by atoms with Gasteiger partial charge < -0.3 is 14.3 Å². The van der Waals surface area contributed by atoms with Crippen LogP contribution in [0.2, 0.25) is 0 Å². The second kappa shape index (κ2) is 3.83. The van der Waals surface area contributed by atoms with Gasteiger partial charge in [0.25, 0.3) is 0 Å². The molecule has 2 aromatic rings. The quantitative estimate of drug-likeness (QED) is 0.818. The predicted octanol–water partition coefficient (Wildman–Crippen LogP) is 2.58. The summed E-state index contributed by atoms with van der Waals surface area (Å²) in [5, 5.41) is 10.3. The summed E-state index contributed by atoms with van der Waals surface area (Å²) in [6, 6.07) is 3.00. The van der Waals surface area contributed by atoms with Crippen LogP contribution in [0, 0.1) is 6.92 Å². The molecule has 0 radical (unpaired) electrons. The van der Waals surface area contributed by atoms with Crippen LogP contribution in [0.3, 0.4) is 0 Å². The standard InChI is InChI=1S/C11H9BrO4/c1-5-6-3-9(15-2)7(13)4-8(6)16-11(14)10(5)12/h3-4,13H,1-2H3. The number of fused-ring (bicyclic) bond motifs is 1. The van der Waals surface area contributed by atoms with Crippen LogP contribution in [0.5, 0.6) is 11.5 Å². The molecule has 0 saturated carbocycles. The Kier molecular flexibility index (Phi) is 2.63. The van der Waals surface area contributed by atoms with Crippen molar-refractivity contribution in [2.75, 3.05) is 7.11 Å². The largest absolute Gasteiger partial charge is 0.504 e. The summed E-state index contributed by atoms with van der Waals surface area (Å²) in [5.41, 5.74) is 0.628. The van der Waals surface area contributed by atoms with Crippen molar-refractivity contribution in [2.45, 2.75) is 6.92 Å². The second-order valence-corrected chi connectivity index (χ2v) is 4.14. The molecule has 0 amide bonds. The first-order chi connectivity index (χ1) is 7.54. The van der Waals surface area contributed by atoms with E-state index < -0.39 is 5.63 Å². The number of phenols is 1. The van der Waals surface area contributed by atoms with E-state index in [1.165, 1.54) is 13.2 Å². The van der Waals surface area contributed by atoms with E-state index in [0.717, 1.165) is 10.9 Å². The van der Waals surface area contributed by atoms with Gasteiger partial charge in [-0.1, -0.05) is 0 Å². The predicted molar refractivity (Wildman–Crippen MR) is 63.1 cm³/mol. The zero-order valence-electron chi connectivity index (χ0n) is 8.70. The van der Waals surface area contributed by atoms with Crippen LogP contribution >= 0.6 is 15.9 Å². The Hall–Kier alpha value is -1.49. The smallest absolute Gasteiger partial charge is 0.350 e. The van der Waals surface area contributed by atoms with Gasteiger partial charge in [-0.05, 0) is 34.5 Å². The molecular weight excluding hydrogens is 276 g/mol. The van der Waals surface area contributed by atoms with E-state index in [9.17, 15) is 9.90 Å². The molecule has 84 valence electrons. The highest BCUT2D eigenvalue weighted by molar-refractivity contribution is 9.10. The van der Waals surface area contributed by atoms with Crippen LogP contribution in [0.4, 0.5) is 0 Å². The Morgan fingerprint density at radius 2 is 2.12 bits per heavy atom. The highest BCUT2D eigenvalue weighted by Gasteiger charge is 2.12. The number of hydrogen-bond donors (Lipinski definition) is 1. The summed E-state index contributed by atoms with van der Waals surface area (Å²) in [6.07, 6.45) is 0. The maximum absolute atomic E-state index is 11.4. The van der Waals surface area contributed by atoms with Gasteiger partial charge in [-0.2, -0.15) is 0 Å². The average molecular weight is 285 g/mol. The monoisotopic (exact) mass is 284 g/mol. The van der Waals surface area contributed by atoms with Crippen molar-refractivity contribution in [1.82, 2.24) is 0 Å². The topological polar surface area (TPSA) is 59.7 Å². The van der Waals surface area contributed by atoms with E-state index >= 15 is 0 Å². The molecule has 1 aromatic carbocycles. The zero-order valence-corrected chi connectivity index (χ0v) is 10.3. The summed E-state index contributed by atoms with van der Waals surface area (Å²) >= 11 is 3.16. The van der Waals surface area contributed by atoms with Crippen LogP contribution < -0.4 is 10.4 Å². The van der Waals surface area contributed by atoms with Gasteiger partial charge in [0.2, 0.25) is 0 Å². The first-order valence-electron chi connectivity index (χ1n) is 4.54. The number of aromatic hydroxyl groups is 1. The molecule has 0 saturated heterocycles. The van der Waals surface area contributed by atoms with Crippen molar-refractivity contribution in [3.8, 4) is 11.5 Å². The number of aryl methyl sites for hydroxylation is 1. The number of hydrogen-bond acceptors (Lipinski definition) is 4. The molecule has 0 bridgehead atoms. The third-order valence-corrected chi connectivity index (χ3v) is 3.31. The van der Waals surface area contributed by atoms with E-state index in [0.29, 0.717) is 15.8 Å². The number of rotatable bonds is 1. The van der Waals surface area contributed by atoms with E-state index in [1.54, 1.807) is 13.0 Å². The Labute approximate surface area is 99.6 Å². The van der Waals surface area contributed by atoms with Gasteiger partial charge in [-0.25, -0.2) is 4.79 Å². The Morgan fingerprint density at radius 3 is 2.75 bits per heavy atom. The molecule has 4 nitrogen and oxygen atoms in total. The first-order valence-corrected chi connectivity index (χ1v) is 5.34. The van der Waals surface area contributed by atoms with Crippen LogP contribution in [0.25, 0.3) is 11.0 Å². The van der Waals surface area contributed by atoms with Crippen molar-refractivity contribution in [1.29, 1.82) is 0 Å². The minimum Gasteiger partial charge on any atom is -0.504 e. The summed E-state index contributed by atoms with van der Waals surface area (Å²) in [7, 11) is 1.46. The molecule has 2 rings (SSSR count). The molecular formula is C11H9BrO4. The van der Waals surface area contributed by atoms with E-state index in [1.807, 2.05) is 0 Å². The first kappa shape index (κ1) is 11.0. The number of benzene rings is 1. The summed E-state index contributed by atoms with van der Waals surface area (Å²) in [6.45, 7) is 1.79. The molecule has 16 heavy (non-hydrogen) atoms. The van der Waals surface area contributed by atoms with Crippen molar-refractivity contribution < 1.29 is 14.3 Å². The summed E-state index contributed by atoms with van der Waals surface area (Å²) in [5.74, 6) is 0.288. The van der Waals surface area contributed by atoms with Crippen molar-refractivity contribution in [3.05, 3.63) is 32.6 Å². The Balaban J connectivity index is 2.92. The van der Waals surface area contributed by atoms with Crippen LogP contribution in [-0.4, -0.2) is 12.2 Å². The second-order valence-electron chi connectivity index (χ2n) is 3.35. The lowest BCUT2D eigenvalue weighted by atomic mass is 10.1.